The van der Waals surface area contributed by atoms with Crippen molar-refractivity contribution >= 4 is 6.08 Å². The molecule has 2 aromatic rings. The standard InChI is InChI=1S/C22H27NO3/c1-5-6-12-23-14-19(16-8-7-9-18(16)21(23)24)17-11-10-15(22(2,3)25)13-20(17)26-4/h7-8,10-11,13-14,25H,5-6,9,12H2,1-4H3. The molecule has 0 amide bonds. The van der Waals surface area contributed by atoms with Gasteiger partial charge in [-0.25, -0.2) is 0 Å². The van der Waals surface area contributed by atoms with Crippen LogP contribution in [0.5, 0.6) is 5.75 Å². The summed E-state index contributed by atoms with van der Waals surface area (Å²) in [4.78, 5) is 12.7. The van der Waals surface area contributed by atoms with Crippen molar-refractivity contribution in [3.63, 3.8) is 0 Å². The molecule has 0 bridgehead atoms. The van der Waals surface area contributed by atoms with Gasteiger partial charge in [0.05, 0.1) is 12.7 Å². The monoisotopic (exact) mass is 353 g/mol. The number of unbranched alkanes of at least 4 members (excludes halogenated alkanes) is 1. The van der Waals surface area contributed by atoms with Crippen LogP contribution in [-0.2, 0) is 18.6 Å². The number of methoxy groups -OCH3 is 1. The highest BCUT2D eigenvalue weighted by Crippen LogP contribution is 2.37. The van der Waals surface area contributed by atoms with E-state index in [9.17, 15) is 9.90 Å². The van der Waals surface area contributed by atoms with Gasteiger partial charge >= 0.3 is 0 Å². The quantitative estimate of drug-likeness (QED) is 0.850. The predicted molar refractivity (Wildman–Crippen MR) is 106 cm³/mol. The minimum absolute atomic E-state index is 0.106. The summed E-state index contributed by atoms with van der Waals surface area (Å²) < 4.78 is 7.45. The molecule has 1 aromatic heterocycles. The topological polar surface area (TPSA) is 51.5 Å². The number of allylic oxidation sites excluding steroid dienone is 1. The summed E-state index contributed by atoms with van der Waals surface area (Å²) in [6.07, 6.45) is 8.71. The van der Waals surface area contributed by atoms with Crippen LogP contribution in [0.3, 0.4) is 0 Å². The molecule has 1 heterocycles. The summed E-state index contributed by atoms with van der Waals surface area (Å²) in [6, 6.07) is 5.77. The SMILES string of the molecule is CCCCn1cc(-c2ccc(C(C)(C)O)cc2OC)c2c(c1=O)CC=C2. The van der Waals surface area contributed by atoms with Gasteiger partial charge in [-0.3, -0.25) is 4.79 Å². The van der Waals surface area contributed by atoms with Crippen molar-refractivity contribution in [1.29, 1.82) is 0 Å². The molecule has 4 nitrogen and oxygen atoms in total. The Morgan fingerprint density at radius 3 is 2.69 bits per heavy atom. The predicted octanol–water partition coefficient (Wildman–Crippen LogP) is 4.12. The van der Waals surface area contributed by atoms with Gasteiger partial charge in [-0.1, -0.05) is 37.6 Å². The first kappa shape index (κ1) is 18.5. The number of pyridine rings is 1. The zero-order valence-corrected chi connectivity index (χ0v) is 16.0. The van der Waals surface area contributed by atoms with E-state index in [-0.39, 0.29) is 5.56 Å². The van der Waals surface area contributed by atoms with Crippen LogP contribution in [0, 0.1) is 0 Å². The maximum Gasteiger partial charge on any atom is 0.254 e. The maximum absolute atomic E-state index is 12.7. The first-order chi connectivity index (χ1) is 12.4. The smallest absolute Gasteiger partial charge is 0.254 e. The van der Waals surface area contributed by atoms with E-state index in [1.165, 1.54) is 0 Å². The van der Waals surface area contributed by atoms with Crippen LogP contribution in [0.2, 0.25) is 0 Å². The average molecular weight is 353 g/mol. The summed E-state index contributed by atoms with van der Waals surface area (Å²) in [7, 11) is 1.64. The van der Waals surface area contributed by atoms with E-state index in [4.69, 9.17) is 4.74 Å². The molecule has 3 rings (SSSR count). The van der Waals surface area contributed by atoms with Crippen LogP contribution in [0.1, 0.15) is 50.3 Å². The molecule has 0 saturated heterocycles. The third kappa shape index (κ3) is 3.34. The van der Waals surface area contributed by atoms with Crippen molar-refractivity contribution in [3.05, 3.63) is 57.5 Å². The van der Waals surface area contributed by atoms with Gasteiger partial charge in [0.1, 0.15) is 5.75 Å². The van der Waals surface area contributed by atoms with E-state index >= 15 is 0 Å². The number of ether oxygens (including phenoxy) is 1. The van der Waals surface area contributed by atoms with E-state index in [1.807, 2.05) is 41.1 Å². The van der Waals surface area contributed by atoms with Crippen molar-refractivity contribution in [2.45, 2.75) is 52.2 Å². The molecule has 26 heavy (non-hydrogen) atoms. The Labute approximate surface area is 154 Å². The van der Waals surface area contributed by atoms with Crippen LogP contribution < -0.4 is 10.3 Å². The Hall–Kier alpha value is -2.33. The van der Waals surface area contributed by atoms with Crippen molar-refractivity contribution in [2.24, 2.45) is 0 Å². The summed E-state index contributed by atoms with van der Waals surface area (Å²) in [6.45, 7) is 6.36. The van der Waals surface area contributed by atoms with Crippen molar-refractivity contribution < 1.29 is 9.84 Å². The highest BCUT2D eigenvalue weighted by molar-refractivity contribution is 5.82. The number of fused-ring (bicyclic) bond motifs is 1. The van der Waals surface area contributed by atoms with Crippen LogP contribution >= 0.6 is 0 Å². The second kappa shape index (κ2) is 7.12. The normalized spacial score (nSPS) is 13.1. The summed E-state index contributed by atoms with van der Waals surface area (Å²) in [5, 5.41) is 10.3. The molecule has 0 fully saturated rings. The number of aliphatic hydroxyl groups is 1. The fourth-order valence-electron chi connectivity index (χ4n) is 3.42. The number of rotatable bonds is 6. The lowest BCUT2D eigenvalue weighted by Crippen LogP contribution is -2.24. The number of aryl methyl sites for hydroxylation is 1. The third-order valence-corrected chi connectivity index (χ3v) is 4.98. The molecule has 4 heteroatoms. The second-order valence-electron chi connectivity index (χ2n) is 7.37. The van der Waals surface area contributed by atoms with Crippen molar-refractivity contribution in [2.75, 3.05) is 7.11 Å². The second-order valence-corrected chi connectivity index (χ2v) is 7.37. The Kier molecular flexibility index (Phi) is 5.05. The van der Waals surface area contributed by atoms with Gasteiger partial charge in [0.2, 0.25) is 0 Å². The van der Waals surface area contributed by atoms with Gasteiger partial charge in [0.25, 0.3) is 5.56 Å². The fourth-order valence-corrected chi connectivity index (χ4v) is 3.42. The molecule has 138 valence electrons. The molecular formula is C22H27NO3. The summed E-state index contributed by atoms with van der Waals surface area (Å²) in [5.41, 5.74) is 3.74. The van der Waals surface area contributed by atoms with Gasteiger partial charge in [0, 0.05) is 29.4 Å². The van der Waals surface area contributed by atoms with Crippen LogP contribution in [0.25, 0.3) is 17.2 Å². The van der Waals surface area contributed by atoms with Gasteiger partial charge in [0.15, 0.2) is 0 Å². The number of aromatic nitrogens is 1. The van der Waals surface area contributed by atoms with Crippen molar-refractivity contribution in [3.8, 4) is 16.9 Å². The molecule has 0 atom stereocenters. The van der Waals surface area contributed by atoms with E-state index in [0.717, 1.165) is 47.2 Å². The number of hydrogen-bond donors (Lipinski definition) is 1. The van der Waals surface area contributed by atoms with E-state index in [1.54, 1.807) is 21.0 Å². The number of hydrogen-bond acceptors (Lipinski definition) is 3. The zero-order chi connectivity index (χ0) is 18.9. The van der Waals surface area contributed by atoms with Gasteiger partial charge in [-0.05, 0) is 43.9 Å². The first-order valence-electron chi connectivity index (χ1n) is 9.21. The van der Waals surface area contributed by atoms with Crippen LogP contribution in [0.4, 0.5) is 0 Å². The lowest BCUT2D eigenvalue weighted by atomic mass is 9.93. The van der Waals surface area contributed by atoms with Gasteiger partial charge in [-0.2, -0.15) is 0 Å². The minimum Gasteiger partial charge on any atom is -0.496 e. The molecule has 0 unspecified atom stereocenters. The van der Waals surface area contributed by atoms with Crippen LogP contribution in [0.15, 0.2) is 35.3 Å². The molecule has 1 aromatic carbocycles. The van der Waals surface area contributed by atoms with E-state index < -0.39 is 5.60 Å². The molecule has 1 N–H and O–H groups in total. The maximum atomic E-state index is 12.7. The minimum atomic E-state index is -0.937. The molecule has 1 aliphatic carbocycles. The summed E-state index contributed by atoms with van der Waals surface area (Å²) >= 11 is 0. The Bertz CT molecular complexity index is 901. The largest absolute Gasteiger partial charge is 0.496 e. The molecule has 1 aliphatic rings. The Morgan fingerprint density at radius 1 is 1.27 bits per heavy atom. The average Bonchev–Trinajstić information content (AvgIpc) is 3.10. The Morgan fingerprint density at radius 2 is 2.04 bits per heavy atom. The van der Waals surface area contributed by atoms with E-state index in [0.29, 0.717) is 12.2 Å². The molecule has 0 spiro atoms. The van der Waals surface area contributed by atoms with Gasteiger partial charge in [-0.15, -0.1) is 0 Å². The lowest BCUT2D eigenvalue weighted by Gasteiger charge is -2.21. The lowest BCUT2D eigenvalue weighted by molar-refractivity contribution is 0.0783. The van der Waals surface area contributed by atoms with Gasteiger partial charge < -0.3 is 14.4 Å². The van der Waals surface area contributed by atoms with E-state index in [2.05, 4.69) is 6.92 Å². The molecule has 0 radical (unpaired) electrons. The number of nitrogens with zero attached hydrogens (tertiary/aromatic N) is 1. The molecule has 0 aliphatic heterocycles. The highest BCUT2D eigenvalue weighted by atomic mass is 16.5. The number of benzene rings is 1. The summed E-state index contributed by atoms with van der Waals surface area (Å²) in [5.74, 6) is 0.702. The fraction of sp³-hybridized carbons (Fsp3) is 0.409. The van der Waals surface area contributed by atoms with Crippen LogP contribution in [-0.4, -0.2) is 16.8 Å². The highest BCUT2D eigenvalue weighted by Gasteiger charge is 2.22. The third-order valence-electron chi connectivity index (χ3n) is 4.98. The van der Waals surface area contributed by atoms with Crippen molar-refractivity contribution in [1.82, 2.24) is 4.57 Å². The Balaban J connectivity index is 2.19. The zero-order valence-electron chi connectivity index (χ0n) is 16.0. The first-order valence-corrected chi connectivity index (χ1v) is 9.21. The molecular weight excluding hydrogens is 326 g/mol. The molecule has 0 saturated carbocycles.